The molecule has 1 aliphatic rings. The number of allylic oxidation sites excluding steroid dienone is 3. The van der Waals surface area contributed by atoms with Gasteiger partial charge in [-0.15, -0.1) is 11.8 Å². The number of Topliss-reactive ketones (excluding diaryl/α,β-unsaturated/α-hetero) is 1. The van der Waals surface area contributed by atoms with Crippen molar-refractivity contribution in [3.05, 3.63) is 105 Å². The van der Waals surface area contributed by atoms with Gasteiger partial charge in [0.2, 0.25) is 0 Å². The summed E-state index contributed by atoms with van der Waals surface area (Å²) in [6, 6.07) is 24.3. The summed E-state index contributed by atoms with van der Waals surface area (Å²) in [6.45, 7) is 3.44. The highest BCUT2D eigenvalue weighted by Gasteiger charge is 2.33. The summed E-state index contributed by atoms with van der Waals surface area (Å²) >= 11 is 7.66. The molecule has 154 valence electrons. The van der Waals surface area contributed by atoms with E-state index >= 15 is 0 Å². The number of nitriles is 1. The van der Waals surface area contributed by atoms with Crippen molar-refractivity contribution in [1.29, 1.82) is 5.26 Å². The van der Waals surface area contributed by atoms with Crippen LogP contribution in [-0.4, -0.2) is 5.78 Å². The van der Waals surface area contributed by atoms with E-state index in [1.54, 1.807) is 30.8 Å². The van der Waals surface area contributed by atoms with Gasteiger partial charge >= 0.3 is 0 Å². The monoisotopic (exact) mass is 444 g/mol. The van der Waals surface area contributed by atoms with Gasteiger partial charge in [-0.3, -0.25) is 4.79 Å². The molecule has 0 spiro atoms. The van der Waals surface area contributed by atoms with E-state index in [0.717, 1.165) is 16.3 Å². The number of rotatable bonds is 5. The van der Waals surface area contributed by atoms with E-state index in [0.29, 0.717) is 21.9 Å². The van der Waals surface area contributed by atoms with Gasteiger partial charge in [-0.2, -0.15) is 5.26 Å². The molecule has 3 aromatic rings. The van der Waals surface area contributed by atoms with Crippen molar-refractivity contribution in [1.82, 2.24) is 5.32 Å². The summed E-state index contributed by atoms with van der Waals surface area (Å²) in [5, 5.41) is 17.2. The Morgan fingerprint density at radius 3 is 2.52 bits per heavy atom. The normalized spacial score (nSPS) is 16.3. The predicted octanol–water partition coefficient (Wildman–Crippen LogP) is 6.71. The van der Waals surface area contributed by atoms with Crippen LogP contribution in [0.5, 0.6) is 0 Å². The lowest BCUT2D eigenvalue weighted by Crippen LogP contribution is -2.27. The molecule has 1 atom stereocenters. The van der Waals surface area contributed by atoms with Crippen molar-refractivity contribution in [3.8, 4) is 6.07 Å². The number of halogens is 1. The zero-order valence-corrected chi connectivity index (χ0v) is 18.8. The van der Waals surface area contributed by atoms with Crippen LogP contribution in [0.1, 0.15) is 30.9 Å². The third-order valence-corrected chi connectivity index (χ3v) is 6.80. The fraction of sp³-hybridized carbons (Fsp3) is 0.154. The Kier molecular flexibility index (Phi) is 6.18. The van der Waals surface area contributed by atoms with Crippen LogP contribution < -0.4 is 5.32 Å². The lowest BCUT2D eigenvalue weighted by Gasteiger charge is -2.29. The molecule has 5 heteroatoms. The molecule has 0 saturated heterocycles. The van der Waals surface area contributed by atoms with Gasteiger partial charge in [-0.25, -0.2) is 0 Å². The number of carbonyl (C=O) groups excluding carboxylic acids is 1. The SMILES string of the molecule is CC(=O)C1=C(C)NC(SCc2cccc3ccccc23)=C(C#N)[C@@H]1c1ccc(Cl)cc1. The minimum absolute atomic E-state index is 0.0456. The van der Waals surface area contributed by atoms with Crippen molar-refractivity contribution in [3.63, 3.8) is 0 Å². The second kappa shape index (κ2) is 9.01. The van der Waals surface area contributed by atoms with Crippen LogP contribution in [0.4, 0.5) is 0 Å². The van der Waals surface area contributed by atoms with Crippen LogP contribution in [0.2, 0.25) is 5.02 Å². The number of benzene rings is 3. The van der Waals surface area contributed by atoms with E-state index in [2.05, 4.69) is 41.7 Å². The molecule has 0 saturated carbocycles. The fourth-order valence-electron chi connectivity index (χ4n) is 4.05. The number of hydrogen-bond acceptors (Lipinski definition) is 4. The Labute approximate surface area is 191 Å². The third kappa shape index (κ3) is 4.25. The zero-order valence-electron chi connectivity index (χ0n) is 17.3. The molecule has 0 fully saturated rings. The van der Waals surface area contributed by atoms with E-state index in [-0.39, 0.29) is 5.78 Å². The summed E-state index contributed by atoms with van der Waals surface area (Å²) in [6.07, 6.45) is 0. The van der Waals surface area contributed by atoms with Gasteiger partial charge in [0, 0.05) is 22.0 Å². The molecular formula is C26H21ClN2OS. The number of hydrogen-bond donors (Lipinski definition) is 1. The van der Waals surface area contributed by atoms with Gasteiger partial charge in [-0.1, -0.05) is 66.2 Å². The highest BCUT2D eigenvalue weighted by Crippen LogP contribution is 2.42. The number of dihydropyridines is 1. The second-order valence-electron chi connectivity index (χ2n) is 7.49. The molecule has 31 heavy (non-hydrogen) atoms. The maximum Gasteiger partial charge on any atom is 0.158 e. The van der Waals surface area contributed by atoms with Crippen LogP contribution in [0, 0.1) is 11.3 Å². The van der Waals surface area contributed by atoms with E-state index in [9.17, 15) is 10.1 Å². The quantitative estimate of drug-likeness (QED) is 0.475. The molecule has 0 unspecified atom stereocenters. The molecule has 0 radical (unpaired) electrons. The van der Waals surface area contributed by atoms with Gasteiger partial charge in [0.25, 0.3) is 0 Å². The van der Waals surface area contributed by atoms with Gasteiger partial charge in [0.05, 0.1) is 22.6 Å². The minimum Gasteiger partial charge on any atom is -0.353 e. The summed E-state index contributed by atoms with van der Waals surface area (Å²) in [5.74, 6) is 0.261. The van der Waals surface area contributed by atoms with Crippen molar-refractivity contribution in [2.24, 2.45) is 0 Å². The fourth-order valence-corrected chi connectivity index (χ4v) is 5.27. The van der Waals surface area contributed by atoms with Crippen LogP contribution >= 0.6 is 23.4 Å². The van der Waals surface area contributed by atoms with Gasteiger partial charge in [0.1, 0.15) is 0 Å². The lowest BCUT2D eigenvalue weighted by molar-refractivity contribution is -0.113. The first kappa shape index (κ1) is 21.2. The summed E-state index contributed by atoms with van der Waals surface area (Å²) in [5.41, 5.74) is 4.05. The second-order valence-corrected chi connectivity index (χ2v) is 8.91. The molecule has 1 N–H and O–H groups in total. The minimum atomic E-state index is -0.406. The number of nitrogens with one attached hydrogen (secondary N) is 1. The Morgan fingerprint density at radius 1 is 1.10 bits per heavy atom. The molecule has 0 aromatic heterocycles. The van der Waals surface area contributed by atoms with Crippen LogP contribution in [0.3, 0.4) is 0 Å². The highest BCUT2D eigenvalue weighted by atomic mass is 35.5. The average Bonchev–Trinajstić information content (AvgIpc) is 2.77. The molecule has 3 nitrogen and oxygen atoms in total. The standard InChI is InChI=1S/C26H21ClN2OS/c1-16-24(17(2)30)25(19-10-12-21(27)13-11-19)23(14-28)26(29-16)31-15-20-8-5-7-18-6-3-4-9-22(18)20/h3-13,25,29H,15H2,1-2H3/t25-/m0/s1. The largest absolute Gasteiger partial charge is 0.353 e. The van der Waals surface area contributed by atoms with Crippen LogP contribution in [0.15, 0.2) is 88.6 Å². The highest BCUT2D eigenvalue weighted by molar-refractivity contribution is 8.02. The molecule has 0 bridgehead atoms. The Bertz CT molecular complexity index is 1260. The molecule has 4 rings (SSSR count). The van der Waals surface area contributed by atoms with Gasteiger partial charge in [0.15, 0.2) is 5.78 Å². The van der Waals surface area contributed by atoms with Crippen LogP contribution in [0.25, 0.3) is 10.8 Å². The van der Waals surface area contributed by atoms with E-state index in [4.69, 9.17) is 11.6 Å². The van der Waals surface area contributed by atoms with Crippen LogP contribution in [-0.2, 0) is 10.5 Å². The molecule has 0 aliphatic carbocycles. The molecule has 1 aliphatic heterocycles. The Balaban J connectivity index is 1.74. The summed E-state index contributed by atoms with van der Waals surface area (Å²) in [7, 11) is 0. The van der Waals surface area contributed by atoms with Crippen molar-refractivity contribution in [2.45, 2.75) is 25.5 Å². The van der Waals surface area contributed by atoms with Gasteiger partial charge < -0.3 is 5.32 Å². The number of ketones is 1. The lowest BCUT2D eigenvalue weighted by atomic mass is 9.81. The summed E-state index contributed by atoms with van der Waals surface area (Å²) < 4.78 is 0. The predicted molar refractivity (Wildman–Crippen MR) is 129 cm³/mol. The van der Waals surface area contributed by atoms with Crippen molar-refractivity contribution >= 4 is 39.9 Å². The third-order valence-electron chi connectivity index (χ3n) is 5.48. The van der Waals surface area contributed by atoms with Gasteiger partial charge in [-0.05, 0) is 47.9 Å². The Morgan fingerprint density at radius 2 is 1.81 bits per heavy atom. The maximum atomic E-state index is 12.5. The van der Waals surface area contributed by atoms with E-state index in [1.165, 1.54) is 16.3 Å². The zero-order chi connectivity index (χ0) is 22.0. The summed E-state index contributed by atoms with van der Waals surface area (Å²) in [4.78, 5) is 12.5. The van der Waals surface area contributed by atoms with E-state index < -0.39 is 5.92 Å². The first-order valence-electron chi connectivity index (χ1n) is 9.97. The smallest absolute Gasteiger partial charge is 0.158 e. The van der Waals surface area contributed by atoms with Crippen molar-refractivity contribution in [2.75, 3.05) is 0 Å². The van der Waals surface area contributed by atoms with Crippen molar-refractivity contribution < 1.29 is 4.79 Å². The Hall–Kier alpha value is -3.00. The first-order valence-corrected chi connectivity index (χ1v) is 11.3. The number of nitrogens with zero attached hydrogens (tertiary/aromatic N) is 1. The maximum absolute atomic E-state index is 12.5. The number of carbonyl (C=O) groups is 1. The van der Waals surface area contributed by atoms with E-state index in [1.807, 2.05) is 31.2 Å². The molecule has 1 heterocycles. The first-order chi connectivity index (χ1) is 15.0. The molecule has 3 aromatic carbocycles. The molecule has 0 amide bonds. The topological polar surface area (TPSA) is 52.9 Å². The number of fused-ring (bicyclic) bond motifs is 1. The molecular weight excluding hydrogens is 424 g/mol. The number of thioether (sulfide) groups is 1. The average molecular weight is 445 g/mol.